The Balaban J connectivity index is 1.32. The van der Waals surface area contributed by atoms with Crippen molar-refractivity contribution in [3.63, 3.8) is 0 Å². The van der Waals surface area contributed by atoms with Gasteiger partial charge in [0.05, 0.1) is 11.0 Å². The summed E-state index contributed by atoms with van der Waals surface area (Å²) in [6, 6.07) is 18.5. The lowest BCUT2D eigenvalue weighted by molar-refractivity contribution is -0.137. The van der Waals surface area contributed by atoms with E-state index >= 15 is 0 Å². The van der Waals surface area contributed by atoms with E-state index in [1.807, 2.05) is 60.7 Å². The maximum absolute atomic E-state index is 13.5. The lowest BCUT2D eigenvalue weighted by Gasteiger charge is -2.27. The summed E-state index contributed by atoms with van der Waals surface area (Å²) in [5.74, 6) is 0.624. The average molecular weight is 481 g/mol. The van der Waals surface area contributed by atoms with E-state index in [1.54, 1.807) is 16.7 Å². The highest BCUT2D eigenvalue weighted by Gasteiger charge is 2.48. The smallest absolute Gasteiger partial charge is 0.262 e. The van der Waals surface area contributed by atoms with E-state index in [1.165, 1.54) is 11.3 Å². The van der Waals surface area contributed by atoms with Gasteiger partial charge in [0.2, 0.25) is 5.91 Å². The number of hydrogen-bond acceptors (Lipinski definition) is 6. The molecule has 2 saturated heterocycles. The molecule has 3 aromatic rings. The number of carbonyl (C=O) groups is 3. The summed E-state index contributed by atoms with van der Waals surface area (Å²) < 4.78 is 6.57. The zero-order valence-corrected chi connectivity index (χ0v) is 19.6. The van der Waals surface area contributed by atoms with Crippen LogP contribution in [0.5, 0.6) is 0 Å². The number of nitrogens with one attached hydrogen (secondary N) is 1. The molecule has 6 nitrogen and oxygen atoms in total. The molecule has 2 aliphatic rings. The van der Waals surface area contributed by atoms with Gasteiger partial charge in [-0.05, 0) is 29.5 Å². The first kappa shape index (κ1) is 22.1. The van der Waals surface area contributed by atoms with Crippen molar-refractivity contribution in [3.05, 3.63) is 71.1 Å². The highest BCUT2D eigenvalue weighted by molar-refractivity contribution is 7.98. The molecule has 2 fully saturated rings. The van der Waals surface area contributed by atoms with Gasteiger partial charge in [-0.3, -0.25) is 14.4 Å². The highest BCUT2D eigenvalue weighted by Crippen LogP contribution is 2.29. The first-order valence-corrected chi connectivity index (χ1v) is 12.9. The van der Waals surface area contributed by atoms with Gasteiger partial charge in [0.25, 0.3) is 5.91 Å². The molecule has 2 amide bonds. The van der Waals surface area contributed by atoms with E-state index < -0.39 is 12.1 Å². The molecule has 8 heteroatoms. The molecule has 2 unspecified atom stereocenters. The standard InChI is InChI=1S/C25H24N2O4S2/c28-19-13-31-20-10-11-27(23(19)20)25(30)18(15-32-14-16-6-2-1-3-7-16)26-24(29)22-12-17-8-4-5-9-21(17)33-22/h1-9,12,18,20,23H,10-11,13-15H2,(H,26,29)/t18-,20?,23?/m0/s1. The summed E-state index contributed by atoms with van der Waals surface area (Å²) in [6.07, 6.45) is 0.424. The van der Waals surface area contributed by atoms with Crippen LogP contribution >= 0.6 is 23.1 Å². The number of rotatable bonds is 7. The zero-order valence-electron chi connectivity index (χ0n) is 17.9. The van der Waals surface area contributed by atoms with Gasteiger partial charge in [-0.25, -0.2) is 0 Å². The van der Waals surface area contributed by atoms with Crippen molar-refractivity contribution in [2.24, 2.45) is 0 Å². The number of fused-ring (bicyclic) bond motifs is 2. The molecular weight excluding hydrogens is 456 g/mol. The number of ketones is 1. The Hall–Kier alpha value is -2.68. The largest absolute Gasteiger partial charge is 0.368 e. The maximum atomic E-state index is 13.5. The van der Waals surface area contributed by atoms with E-state index in [0.29, 0.717) is 23.6 Å². The first-order valence-electron chi connectivity index (χ1n) is 11.0. The fourth-order valence-corrected chi connectivity index (χ4v) is 6.38. The summed E-state index contributed by atoms with van der Waals surface area (Å²) in [6.45, 7) is 0.527. The van der Waals surface area contributed by atoms with Gasteiger partial charge in [0, 0.05) is 22.8 Å². The topological polar surface area (TPSA) is 75.7 Å². The number of ether oxygens (including phenoxy) is 1. The van der Waals surface area contributed by atoms with Crippen LogP contribution in [0.1, 0.15) is 21.7 Å². The van der Waals surface area contributed by atoms with E-state index in [-0.39, 0.29) is 30.3 Å². The van der Waals surface area contributed by atoms with Gasteiger partial charge in [-0.2, -0.15) is 11.8 Å². The molecule has 33 heavy (non-hydrogen) atoms. The van der Waals surface area contributed by atoms with Gasteiger partial charge in [0.15, 0.2) is 5.78 Å². The van der Waals surface area contributed by atoms with Crippen LogP contribution in [0.2, 0.25) is 0 Å². The van der Waals surface area contributed by atoms with E-state index in [9.17, 15) is 14.4 Å². The van der Waals surface area contributed by atoms with E-state index in [0.717, 1.165) is 21.4 Å². The predicted octanol–water partition coefficient (Wildman–Crippen LogP) is 3.50. The number of hydrogen-bond donors (Lipinski definition) is 1. The third-order valence-electron chi connectivity index (χ3n) is 6.04. The van der Waals surface area contributed by atoms with Crippen LogP contribution in [0.4, 0.5) is 0 Å². The second kappa shape index (κ2) is 9.67. The van der Waals surface area contributed by atoms with Gasteiger partial charge >= 0.3 is 0 Å². The highest BCUT2D eigenvalue weighted by atomic mass is 32.2. The number of thiophene rings is 1. The van der Waals surface area contributed by atoms with E-state index in [4.69, 9.17) is 4.74 Å². The lowest BCUT2D eigenvalue weighted by atomic mass is 10.1. The number of likely N-dealkylation sites (tertiary alicyclic amines) is 1. The van der Waals surface area contributed by atoms with Crippen LogP contribution in [-0.4, -0.2) is 59.6 Å². The normalized spacial score (nSPS) is 20.7. The van der Waals surface area contributed by atoms with Gasteiger partial charge in [0.1, 0.15) is 18.7 Å². The molecule has 170 valence electrons. The Kier molecular flexibility index (Phi) is 6.48. The summed E-state index contributed by atoms with van der Waals surface area (Å²) in [5.41, 5.74) is 1.16. The van der Waals surface area contributed by atoms with Crippen LogP contribution in [0.3, 0.4) is 0 Å². The van der Waals surface area contributed by atoms with Crippen molar-refractivity contribution >= 4 is 50.8 Å². The Morgan fingerprint density at radius 1 is 1.15 bits per heavy atom. The molecule has 0 spiro atoms. The number of benzene rings is 2. The Labute approximate surface area is 200 Å². The summed E-state index contributed by atoms with van der Waals surface area (Å²) in [5, 5.41) is 3.96. The van der Waals surface area contributed by atoms with Crippen molar-refractivity contribution < 1.29 is 19.1 Å². The van der Waals surface area contributed by atoms with Crippen molar-refractivity contribution in [2.75, 3.05) is 18.9 Å². The molecule has 0 aliphatic carbocycles. The molecule has 0 bridgehead atoms. The minimum atomic E-state index is -0.719. The van der Waals surface area contributed by atoms with Crippen molar-refractivity contribution in [3.8, 4) is 0 Å². The van der Waals surface area contributed by atoms with Crippen LogP contribution in [0.25, 0.3) is 10.1 Å². The molecule has 2 aliphatic heterocycles. The number of nitrogens with zero attached hydrogens (tertiary/aromatic N) is 1. The summed E-state index contributed by atoms with van der Waals surface area (Å²) >= 11 is 3.00. The minimum Gasteiger partial charge on any atom is -0.368 e. The molecule has 0 saturated carbocycles. The molecule has 3 atom stereocenters. The van der Waals surface area contributed by atoms with Crippen molar-refractivity contribution in [1.29, 1.82) is 0 Å². The number of amides is 2. The number of carbonyl (C=O) groups excluding carboxylic acids is 3. The number of Topliss-reactive ketones (excluding diaryl/α,β-unsaturated/α-hetero) is 1. The van der Waals surface area contributed by atoms with Crippen molar-refractivity contribution in [1.82, 2.24) is 10.2 Å². The number of thioether (sulfide) groups is 1. The zero-order chi connectivity index (χ0) is 22.8. The fourth-order valence-electron chi connectivity index (χ4n) is 4.41. The molecule has 1 aromatic heterocycles. The monoisotopic (exact) mass is 480 g/mol. The van der Waals surface area contributed by atoms with Crippen molar-refractivity contribution in [2.45, 2.75) is 30.4 Å². The SMILES string of the molecule is O=C(N[C@@H](CSCc1ccccc1)C(=O)N1CCC2OCC(=O)C21)c1cc2ccccc2s1. The van der Waals surface area contributed by atoms with Crippen LogP contribution in [0.15, 0.2) is 60.7 Å². The lowest BCUT2D eigenvalue weighted by Crippen LogP contribution is -2.53. The molecule has 3 heterocycles. The molecule has 2 aromatic carbocycles. The molecule has 1 N–H and O–H groups in total. The average Bonchev–Trinajstić information content (AvgIpc) is 3.55. The predicted molar refractivity (Wildman–Crippen MR) is 131 cm³/mol. The van der Waals surface area contributed by atoms with Crippen LogP contribution < -0.4 is 5.32 Å². The Bertz CT molecular complexity index is 1150. The first-order chi connectivity index (χ1) is 16.1. The molecule has 5 rings (SSSR count). The molecule has 0 radical (unpaired) electrons. The van der Waals surface area contributed by atoms with Crippen LogP contribution in [-0.2, 0) is 20.1 Å². The van der Waals surface area contributed by atoms with E-state index in [2.05, 4.69) is 5.32 Å². The Morgan fingerprint density at radius 3 is 2.76 bits per heavy atom. The minimum absolute atomic E-state index is 0.0562. The summed E-state index contributed by atoms with van der Waals surface area (Å²) in [4.78, 5) is 41.1. The Morgan fingerprint density at radius 2 is 1.94 bits per heavy atom. The summed E-state index contributed by atoms with van der Waals surface area (Å²) in [7, 11) is 0. The fraction of sp³-hybridized carbons (Fsp3) is 0.320. The quantitative estimate of drug-likeness (QED) is 0.560. The second-order valence-electron chi connectivity index (χ2n) is 8.26. The van der Waals surface area contributed by atoms with Gasteiger partial charge < -0.3 is 15.0 Å². The van der Waals surface area contributed by atoms with Crippen LogP contribution in [0, 0.1) is 0 Å². The third-order valence-corrected chi connectivity index (χ3v) is 8.27. The second-order valence-corrected chi connectivity index (χ2v) is 10.4. The third kappa shape index (κ3) is 4.69. The van der Waals surface area contributed by atoms with Gasteiger partial charge in [-0.15, -0.1) is 11.3 Å². The maximum Gasteiger partial charge on any atom is 0.262 e. The molecular formula is C25H24N2O4S2. The van der Waals surface area contributed by atoms with Gasteiger partial charge in [-0.1, -0.05) is 48.5 Å².